The average molecular weight is 399 g/mol. The van der Waals surface area contributed by atoms with Crippen molar-refractivity contribution in [3.8, 4) is 6.07 Å². The van der Waals surface area contributed by atoms with Crippen LogP contribution in [0.1, 0.15) is 49.3 Å². The molecule has 0 saturated heterocycles. The SMILES string of the molecule is Cc1ccc(C2C(C#N)=C(N)N(c3cccnc3)C3=C2C(=O)CC(C)(C)C3)c(C)c1. The fourth-order valence-electron chi connectivity index (χ4n) is 4.75. The summed E-state index contributed by atoms with van der Waals surface area (Å²) in [5.41, 5.74) is 12.3. The van der Waals surface area contributed by atoms with Crippen molar-refractivity contribution in [2.24, 2.45) is 11.1 Å². The predicted molar refractivity (Wildman–Crippen MR) is 117 cm³/mol. The summed E-state index contributed by atoms with van der Waals surface area (Å²) in [5, 5.41) is 10.1. The predicted octanol–water partition coefficient (Wildman–Crippen LogP) is 4.64. The smallest absolute Gasteiger partial charge is 0.162 e. The Morgan fingerprint density at radius 2 is 2.00 bits per heavy atom. The van der Waals surface area contributed by atoms with E-state index in [2.05, 4.69) is 31.0 Å². The Balaban J connectivity index is 2.02. The van der Waals surface area contributed by atoms with Gasteiger partial charge in [0.2, 0.25) is 0 Å². The highest BCUT2D eigenvalue weighted by Crippen LogP contribution is 2.50. The molecule has 5 heteroatoms. The standard InChI is InChI=1S/C25H26N4O/c1-15-7-8-18(16(2)10-15)22-19(13-26)24(27)29(17-6-5-9-28-14-17)20-11-25(3,4)12-21(30)23(20)22/h5-10,14,22H,11-12,27H2,1-4H3. The maximum Gasteiger partial charge on any atom is 0.162 e. The average Bonchev–Trinajstić information content (AvgIpc) is 2.67. The van der Waals surface area contributed by atoms with Gasteiger partial charge in [0.15, 0.2) is 5.78 Å². The fourth-order valence-corrected chi connectivity index (χ4v) is 4.75. The summed E-state index contributed by atoms with van der Waals surface area (Å²) in [4.78, 5) is 19.6. The molecule has 152 valence electrons. The van der Waals surface area contributed by atoms with E-state index in [1.807, 2.05) is 43.0 Å². The topological polar surface area (TPSA) is 83.0 Å². The van der Waals surface area contributed by atoms with Crippen LogP contribution in [0.5, 0.6) is 0 Å². The Labute approximate surface area is 177 Å². The third kappa shape index (κ3) is 3.19. The van der Waals surface area contributed by atoms with Crippen LogP contribution in [0.3, 0.4) is 0 Å². The summed E-state index contributed by atoms with van der Waals surface area (Å²) in [5.74, 6) is 0.0159. The molecule has 2 aromatic rings. The number of hydrogen-bond acceptors (Lipinski definition) is 5. The van der Waals surface area contributed by atoms with Crippen LogP contribution >= 0.6 is 0 Å². The normalized spacial score (nSPS) is 20.8. The van der Waals surface area contributed by atoms with Crippen molar-refractivity contribution in [3.63, 3.8) is 0 Å². The quantitative estimate of drug-likeness (QED) is 0.797. The Kier molecular flexibility index (Phi) is 4.74. The molecule has 0 fully saturated rings. The number of allylic oxidation sites excluding steroid dienone is 3. The van der Waals surface area contributed by atoms with Crippen LogP contribution in [0, 0.1) is 30.6 Å². The van der Waals surface area contributed by atoms with Crippen LogP contribution in [0.15, 0.2) is 65.4 Å². The van der Waals surface area contributed by atoms with E-state index in [0.29, 0.717) is 29.8 Å². The lowest BCUT2D eigenvalue weighted by atomic mass is 9.68. The van der Waals surface area contributed by atoms with Crippen molar-refractivity contribution in [3.05, 3.63) is 82.1 Å². The van der Waals surface area contributed by atoms with Crippen LogP contribution in [0.25, 0.3) is 0 Å². The van der Waals surface area contributed by atoms with Gasteiger partial charge in [-0.15, -0.1) is 0 Å². The molecule has 0 saturated carbocycles. The van der Waals surface area contributed by atoms with Crippen LogP contribution in [0.4, 0.5) is 5.69 Å². The first kappa shape index (κ1) is 19.9. The summed E-state index contributed by atoms with van der Waals surface area (Å²) in [6.45, 7) is 8.26. The van der Waals surface area contributed by atoms with Gasteiger partial charge >= 0.3 is 0 Å². The number of aryl methyl sites for hydroxylation is 2. The van der Waals surface area contributed by atoms with Crippen molar-refractivity contribution in [2.75, 3.05) is 4.90 Å². The summed E-state index contributed by atoms with van der Waals surface area (Å²) < 4.78 is 0. The molecule has 0 radical (unpaired) electrons. The van der Waals surface area contributed by atoms with E-state index < -0.39 is 5.92 Å². The van der Waals surface area contributed by atoms with E-state index in [-0.39, 0.29) is 11.2 Å². The number of ketones is 1. The molecule has 0 amide bonds. The van der Waals surface area contributed by atoms with Gasteiger partial charge in [-0.3, -0.25) is 14.7 Å². The molecule has 2 N–H and O–H groups in total. The Bertz CT molecular complexity index is 1140. The van der Waals surface area contributed by atoms with Crippen molar-refractivity contribution in [2.45, 2.75) is 46.5 Å². The Morgan fingerprint density at radius 3 is 2.63 bits per heavy atom. The lowest BCUT2D eigenvalue weighted by Gasteiger charge is -2.43. The molecule has 4 rings (SSSR count). The van der Waals surface area contributed by atoms with Crippen molar-refractivity contribution in [1.82, 2.24) is 4.98 Å². The number of nitrogens with two attached hydrogens (primary N) is 1. The van der Waals surface area contributed by atoms with Crippen LogP contribution < -0.4 is 10.6 Å². The number of aromatic nitrogens is 1. The van der Waals surface area contributed by atoms with Gasteiger partial charge in [-0.2, -0.15) is 5.26 Å². The van der Waals surface area contributed by atoms with Gasteiger partial charge in [0.25, 0.3) is 0 Å². The van der Waals surface area contributed by atoms with Crippen LogP contribution in [-0.4, -0.2) is 10.8 Å². The van der Waals surface area contributed by atoms with Gasteiger partial charge in [0.1, 0.15) is 5.82 Å². The number of pyridine rings is 1. The molecule has 0 bridgehead atoms. The second kappa shape index (κ2) is 7.14. The highest BCUT2D eigenvalue weighted by atomic mass is 16.1. The molecule has 30 heavy (non-hydrogen) atoms. The second-order valence-electron chi connectivity index (χ2n) is 9.05. The number of nitrogens with zero attached hydrogens (tertiary/aromatic N) is 3. The number of carbonyl (C=O) groups is 1. The number of anilines is 1. The summed E-state index contributed by atoms with van der Waals surface area (Å²) in [7, 11) is 0. The zero-order valence-electron chi connectivity index (χ0n) is 17.9. The van der Waals surface area contributed by atoms with Crippen LogP contribution in [-0.2, 0) is 4.79 Å². The summed E-state index contributed by atoms with van der Waals surface area (Å²) >= 11 is 0. The van der Waals surface area contributed by atoms with E-state index >= 15 is 0 Å². The van der Waals surface area contributed by atoms with E-state index in [1.54, 1.807) is 12.4 Å². The largest absolute Gasteiger partial charge is 0.384 e. The maximum atomic E-state index is 13.5. The zero-order valence-corrected chi connectivity index (χ0v) is 17.9. The maximum absolute atomic E-state index is 13.5. The molecular weight excluding hydrogens is 372 g/mol. The monoisotopic (exact) mass is 398 g/mol. The molecule has 1 aromatic carbocycles. The molecule has 1 unspecified atom stereocenters. The minimum Gasteiger partial charge on any atom is -0.384 e. The first-order valence-corrected chi connectivity index (χ1v) is 10.2. The highest BCUT2D eigenvalue weighted by Gasteiger charge is 2.45. The van der Waals surface area contributed by atoms with Gasteiger partial charge in [-0.05, 0) is 48.9 Å². The molecule has 1 aliphatic heterocycles. The molecule has 5 nitrogen and oxygen atoms in total. The summed E-state index contributed by atoms with van der Waals surface area (Å²) in [6.07, 6.45) is 4.56. The van der Waals surface area contributed by atoms with Crippen molar-refractivity contribution >= 4 is 11.5 Å². The lowest BCUT2D eigenvalue weighted by Crippen LogP contribution is -2.42. The van der Waals surface area contributed by atoms with Gasteiger partial charge < -0.3 is 5.73 Å². The number of Topliss-reactive ketones (excluding diaryl/α,β-unsaturated/α-hetero) is 1. The Hall–Kier alpha value is -3.39. The minimum absolute atomic E-state index is 0.0837. The number of hydrogen-bond donors (Lipinski definition) is 1. The second-order valence-corrected chi connectivity index (χ2v) is 9.05. The molecular formula is C25H26N4O. The van der Waals surface area contributed by atoms with E-state index in [9.17, 15) is 10.1 Å². The number of rotatable bonds is 2. The van der Waals surface area contributed by atoms with E-state index in [1.165, 1.54) is 0 Å². The number of carbonyl (C=O) groups excluding carboxylic acids is 1. The van der Waals surface area contributed by atoms with E-state index in [4.69, 9.17) is 5.73 Å². The molecule has 1 aromatic heterocycles. The summed E-state index contributed by atoms with van der Waals surface area (Å²) in [6, 6.07) is 12.2. The van der Waals surface area contributed by atoms with E-state index in [0.717, 1.165) is 28.1 Å². The third-order valence-electron chi connectivity index (χ3n) is 6.02. The fraction of sp³-hybridized carbons (Fsp3) is 0.320. The first-order valence-electron chi connectivity index (χ1n) is 10.2. The molecule has 0 spiro atoms. The van der Waals surface area contributed by atoms with Crippen molar-refractivity contribution in [1.29, 1.82) is 5.26 Å². The highest BCUT2D eigenvalue weighted by molar-refractivity contribution is 6.01. The van der Waals surface area contributed by atoms with Gasteiger partial charge in [-0.1, -0.05) is 37.6 Å². The third-order valence-corrected chi connectivity index (χ3v) is 6.02. The van der Waals surface area contributed by atoms with Gasteiger partial charge in [0.05, 0.1) is 29.4 Å². The van der Waals surface area contributed by atoms with Gasteiger partial charge in [0, 0.05) is 23.9 Å². The zero-order chi connectivity index (χ0) is 21.6. The van der Waals surface area contributed by atoms with Crippen LogP contribution in [0.2, 0.25) is 0 Å². The van der Waals surface area contributed by atoms with Crippen molar-refractivity contribution < 1.29 is 4.79 Å². The lowest BCUT2D eigenvalue weighted by molar-refractivity contribution is -0.118. The minimum atomic E-state index is -0.442. The molecule has 2 heterocycles. The number of benzene rings is 1. The molecule has 1 atom stereocenters. The Morgan fingerprint density at radius 1 is 1.23 bits per heavy atom. The van der Waals surface area contributed by atoms with Gasteiger partial charge in [-0.25, -0.2) is 0 Å². The first-order chi connectivity index (χ1) is 14.2. The number of nitriles is 1. The molecule has 2 aliphatic rings. The molecule has 1 aliphatic carbocycles.